The fourth-order valence-electron chi connectivity index (χ4n) is 2.92. The van der Waals surface area contributed by atoms with E-state index in [0.29, 0.717) is 11.5 Å². The number of amides is 2. The number of nitrogens with zero attached hydrogens (tertiary/aromatic N) is 2. The average Bonchev–Trinajstić information content (AvgIpc) is 3.24. The second kappa shape index (κ2) is 7.09. The molecule has 2 aliphatic rings. The molecule has 1 fully saturated rings. The van der Waals surface area contributed by atoms with Crippen molar-refractivity contribution in [3.63, 3.8) is 0 Å². The van der Waals surface area contributed by atoms with Crippen molar-refractivity contribution in [3.05, 3.63) is 23.8 Å². The van der Waals surface area contributed by atoms with Crippen LogP contribution in [0.3, 0.4) is 0 Å². The van der Waals surface area contributed by atoms with E-state index in [0.717, 1.165) is 10.6 Å². The molecule has 0 bridgehead atoms. The van der Waals surface area contributed by atoms with Gasteiger partial charge >= 0.3 is 0 Å². The van der Waals surface area contributed by atoms with Gasteiger partial charge in [-0.15, -0.1) is 0 Å². The molecule has 142 valence electrons. The van der Waals surface area contributed by atoms with Crippen LogP contribution < -0.4 is 20.5 Å². The summed E-state index contributed by atoms with van der Waals surface area (Å²) in [6.07, 6.45) is -0.250. The Morgan fingerprint density at radius 3 is 2.69 bits per heavy atom. The molecule has 0 spiro atoms. The molecule has 2 aliphatic heterocycles. The fourth-order valence-corrected chi connectivity index (χ4v) is 3.91. The lowest BCUT2D eigenvalue weighted by Crippen LogP contribution is -2.54. The van der Waals surface area contributed by atoms with E-state index < -0.39 is 28.0 Å². The molecule has 1 atom stereocenters. The molecule has 3 N–H and O–H groups in total. The van der Waals surface area contributed by atoms with Crippen LogP contribution in [0.1, 0.15) is 10.4 Å². The molecule has 0 aliphatic carbocycles. The Balaban J connectivity index is 1.88. The SMILES string of the molecule is CS(=O)(=O)N1CCN(C(=O)c2ccc3c(c2)OCO3)C1C(=O)NCCN. The highest BCUT2D eigenvalue weighted by molar-refractivity contribution is 7.88. The predicted molar refractivity (Wildman–Crippen MR) is 91.0 cm³/mol. The van der Waals surface area contributed by atoms with Gasteiger partial charge in [0.1, 0.15) is 0 Å². The molecule has 1 aromatic carbocycles. The molecule has 0 saturated carbocycles. The minimum atomic E-state index is -3.68. The van der Waals surface area contributed by atoms with Crippen LogP contribution in [-0.2, 0) is 14.8 Å². The summed E-state index contributed by atoms with van der Waals surface area (Å²) in [6.45, 7) is 0.589. The highest BCUT2D eigenvalue weighted by Crippen LogP contribution is 2.33. The first-order valence-corrected chi connectivity index (χ1v) is 9.83. The third kappa shape index (κ3) is 3.45. The van der Waals surface area contributed by atoms with Gasteiger partial charge in [0, 0.05) is 31.7 Å². The molecule has 2 heterocycles. The largest absolute Gasteiger partial charge is 0.454 e. The Hall–Kier alpha value is -2.37. The zero-order valence-electron chi connectivity index (χ0n) is 14.2. The molecule has 1 aromatic rings. The van der Waals surface area contributed by atoms with Crippen LogP contribution in [0.4, 0.5) is 0 Å². The molecule has 0 radical (unpaired) electrons. The zero-order chi connectivity index (χ0) is 18.9. The van der Waals surface area contributed by atoms with E-state index in [1.807, 2.05) is 0 Å². The molecule has 26 heavy (non-hydrogen) atoms. The van der Waals surface area contributed by atoms with E-state index in [-0.39, 0.29) is 38.5 Å². The van der Waals surface area contributed by atoms with E-state index in [1.165, 1.54) is 11.0 Å². The Morgan fingerprint density at radius 2 is 2.00 bits per heavy atom. The average molecular weight is 384 g/mol. The number of carbonyl (C=O) groups is 2. The second-order valence-electron chi connectivity index (χ2n) is 5.89. The number of fused-ring (bicyclic) bond motifs is 1. The van der Waals surface area contributed by atoms with Gasteiger partial charge < -0.3 is 25.4 Å². The summed E-state index contributed by atoms with van der Waals surface area (Å²) in [7, 11) is -3.68. The second-order valence-corrected chi connectivity index (χ2v) is 7.83. The van der Waals surface area contributed by atoms with Crippen molar-refractivity contribution >= 4 is 21.8 Å². The zero-order valence-corrected chi connectivity index (χ0v) is 15.0. The number of hydrogen-bond acceptors (Lipinski definition) is 7. The lowest BCUT2D eigenvalue weighted by Gasteiger charge is -2.27. The monoisotopic (exact) mass is 384 g/mol. The van der Waals surface area contributed by atoms with Gasteiger partial charge in [0.25, 0.3) is 11.8 Å². The van der Waals surface area contributed by atoms with Crippen molar-refractivity contribution in [1.29, 1.82) is 0 Å². The molecule has 0 aromatic heterocycles. The minimum Gasteiger partial charge on any atom is -0.454 e. The van der Waals surface area contributed by atoms with Crippen molar-refractivity contribution in [2.24, 2.45) is 5.73 Å². The van der Waals surface area contributed by atoms with Crippen LogP contribution >= 0.6 is 0 Å². The summed E-state index contributed by atoms with van der Waals surface area (Å²) >= 11 is 0. The standard InChI is InChI=1S/C15H20N4O6S/c1-26(22,23)19-7-6-18(14(19)13(20)17-5-4-16)15(21)10-2-3-11-12(8-10)25-9-24-11/h2-3,8,14H,4-7,9,16H2,1H3,(H,17,20). The van der Waals surface area contributed by atoms with Crippen molar-refractivity contribution < 1.29 is 27.5 Å². The maximum absolute atomic E-state index is 12.9. The number of ether oxygens (including phenoxy) is 2. The summed E-state index contributed by atoms with van der Waals surface area (Å²) in [5.41, 5.74) is 5.66. The Kier molecular flexibility index (Phi) is 5.03. The van der Waals surface area contributed by atoms with Crippen LogP contribution in [-0.4, -0.2) is 74.8 Å². The number of rotatable bonds is 5. The summed E-state index contributed by atoms with van der Waals surface area (Å²) in [5.74, 6) is -0.105. The molecule has 10 nitrogen and oxygen atoms in total. The van der Waals surface area contributed by atoms with Gasteiger partial charge in [-0.1, -0.05) is 0 Å². The summed E-state index contributed by atoms with van der Waals surface area (Å²) in [4.78, 5) is 26.6. The Morgan fingerprint density at radius 1 is 1.27 bits per heavy atom. The summed E-state index contributed by atoms with van der Waals surface area (Å²) in [6, 6.07) is 4.67. The minimum absolute atomic E-state index is 0.0375. The van der Waals surface area contributed by atoms with Crippen LogP contribution in [0.25, 0.3) is 0 Å². The van der Waals surface area contributed by atoms with Gasteiger partial charge in [0.2, 0.25) is 16.8 Å². The normalized spacial score (nSPS) is 19.6. The topological polar surface area (TPSA) is 131 Å². The first-order chi connectivity index (χ1) is 12.3. The molecular formula is C15H20N4O6S. The van der Waals surface area contributed by atoms with Crippen LogP contribution in [0, 0.1) is 0 Å². The first kappa shape index (κ1) is 18.4. The molecule has 3 rings (SSSR count). The highest BCUT2D eigenvalue weighted by Gasteiger charge is 2.44. The van der Waals surface area contributed by atoms with Gasteiger partial charge in [-0.05, 0) is 18.2 Å². The molecule has 1 unspecified atom stereocenters. The smallest absolute Gasteiger partial charge is 0.259 e. The van der Waals surface area contributed by atoms with Crippen molar-refractivity contribution in [2.45, 2.75) is 6.17 Å². The molecular weight excluding hydrogens is 364 g/mol. The maximum Gasteiger partial charge on any atom is 0.259 e. The summed E-state index contributed by atoms with van der Waals surface area (Å²) in [5, 5.41) is 2.55. The van der Waals surface area contributed by atoms with Crippen LogP contribution in [0.15, 0.2) is 18.2 Å². The third-order valence-corrected chi connectivity index (χ3v) is 5.35. The van der Waals surface area contributed by atoms with E-state index in [9.17, 15) is 18.0 Å². The van der Waals surface area contributed by atoms with E-state index in [1.54, 1.807) is 12.1 Å². The van der Waals surface area contributed by atoms with Gasteiger partial charge in [-0.25, -0.2) is 8.42 Å². The van der Waals surface area contributed by atoms with Gasteiger partial charge in [-0.2, -0.15) is 4.31 Å². The Bertz CT molecular complexity index is 827. The van der Waals surface area contributed by atoms with Crippen molar-refractivity contribution in [3.8, 4) is 11.5 Å². The molecule has 1 saturated heterocycles. The Labute approximate surface area is 150 Å². The lowest BCUT2D eigenvalue weighted by molar-refractivity contribution is -0.127. The van der Waals surface area contributed by atoms with Crippen molar-refractivity contribution in [2.75, 3.05) is 39.2 Å². The number of carbonyl (C=O) groups excluding carboxylic acids is 2. The van der Waals surface area contributed by atoms with E-state index in [4.69, 9.17) is 15.2 Å². The summed E-state index contributed by atoms with van der Waals surface area (Å²) < 4.78 is 35.5. The first-order valence-electron chi connectivity index (χ1n) is 7.98. The number of benzene rings is 1. The van der Waals surface area contributed by atoms with E-state index in [2.05, 4.69) is 5.32 Å². The number of hydrogen-bond donors (Lipinski definition) is 2. The number of nitrogens with two attached hydrogens (primary N) is 1. The quantitative estimate of drug-likeness (QED) is 0.634. The van der Waals surface area contributed by atoms with Gasteiger partial charge in [0.15, 0.2) is 17.7 Å². The number of nitrogens with one attached hydrogen (secondary N) is 1. The fraction of sp³-hybridized carbons (Fsp3) is 0.467. The maximum atomic E-state index is 12.9. The van der Waals surface area contributed by atoms with Crippen LogP contribution in [0.5, 0.6) is 11.5 Å². The predicted octanol–water partition coefficient (Wildman–Crippen LogP) is -1.47. The molecule has 2 amide bonds. The van der Waals surface area contributed by atoms with Crippen molar-refractivity contribution in [1.82, 2.24) is 14.5 Å². The van der Waals surface area contributed by atoms with Gasteiger partial charge in [-0.3, -0.25) is 9.59 Å². The van der Waals surface area contributed by atoms with Gasteiger partial charge in [0.05, 0.1) is 6.26 Å². The van der Waals surface area contributed by atoms with E-state index >= 15 is 0 Å². The highest BCUT2D eigenvalue weighted by atomic mass is 32.2. The van der Waals surface area contributed by atoms with Crippen LogP contribution in [0.2, 0.25) is 0 Å². The molecule has 11 heteroatoms. The lowest BCUT2D eigenvalue weighted by atomic mass is 10.1. The third-order valence-electron chi connectivity index (χ3n) is 4.11. The number of sulfonamides is 1.